The molecule has 0 unspecified atom stereocenters. The van der Waals surface area contributed by atoms with Gasteiger partial charge in [0.15, 0.2) is 5.11 Å². The molecule has 4 heterocycles. The van der Waals surface area contributed by atoms with Gasteiger partial charge < -0.3 is 14.8 Å². The predicted octanol–water partition coefficient (Wildman–Crippen LogP) is 3.26. The second-order valence-electron chi connectivity index (χ2n) is 5.93. The Bertz CT molecular complexity index is 862. The second-order valence-corrected chi connectivity index (χ2v) is 6.31. The summed E-state index contributed by atoms with van der Waals surface area (Å²) in [4.78, 5) is 11.0. The van der Waals surface area contributed by atoms with E-state index < -0.39 is 0 Å². The molecule has 3 aromatic heterocycles. The Kier molecular flexibility index (Phi) is 4.19. The van der Waals surface area contributed by atoms with Gasteiger partial charge in [0.05, 0.1) is 29.7 Å². The predicted molar refractivity (Wildman–Crippen MR) is 101 cm³/mol. The summed E-state index contributed by atoms with van der Waals surface area (Å²) in [6, 6.07) is 14.3. The molecule has 0 aromatic carbocycles. The lowest BCUT2D eigenvalue weighted by atomic mass is 10.0. The maximum absolute atomic E-state index is 5.59. The molecule has 126 valence electrons. The minimum Gasteiger partial charge on any atom is -0.352 e. The van der Waals surface area contributed by atoms with E-state index in [0.717, 1.165) is 28.7 Å². The lowest BCUT2D eigenvalue weighted by Gasteiger charge is -2.27. The van der Waals surface area contributed by atoms with Crippen LogP contribution in [0.2, 0.25) is 0 Å². The highest BCUT2D eigenvalue weighted by Gasteiger charge is 2.40. The van der Waals surface area contributed by atoms with Crippen molar-refractivity contribution in [1.29, 1.82) is 0 Å². The fourth-order valence-corrected chi connectivity index (χ4v) is 3.80. The molecule has 0 saturated carbocycles. The third-order valence-corrected chi connectivity index (χ3v) is 4.90. The fraction of sp³-hybridized carbons (Fsp3) is 0.211. The molecule has 1 saturated heterocycles. The molecule has 1 N–H and O–H groups in total. The molecule has 0 radical (unpaired) electrons. The Balaban J connectivity index is 1.81. The first-order chi connectivity index (χ1) is 12.3. The van der Waals surface area contributed by atoms with Crippen LogP contribution < -0.4 is 5.32 Å². The number of nitrogens with one attached hydrogen (secondary N) is 1. The van der Waals surface area contributed by atoms with E-state index in [1.54, 1.807) is 6.20 Å². The first-order valence-electron chi connectivity index (χ1n) is 8.35. The van der Waals surface area contributed by atoms with E-state index in [1.807, 2.05) is 36.7 Å². The number of pyridine rings is 2. The Labute approximate surface area is 152 Å². The van der Waals surface area contributed by atoms with Crippen molar-refractivity contribution in [1.82, 2.24) is 24.8 Å². The largest absolute Gasteiger partial charge is 0.352 e. The van der Waals surface area contributed by atoms with E-state index in [2.05, 4.69) is 56.1 Å². The third-order valence-electron chi connectivity index (χ3n) is 4.55. The summed E-state index contributed by atoms with van der Waals surface area (Å²) in [6.07, 6.45) is 7.55. The summed E-state index contributed by atoms with van der Waals surface area (Å²) in [5.41, 5.74) is 3.19. The van der Waals surface area contributed by atoms with Gasteiger partial charge in [0.2, 0.25) is 0 Å². The highest BCUT2D eigenvalue weighted by Crippen LogP contribution is 2.39. The Hall–Kier alpha value is -2.73. The molecule has 4 rings (SSSR count). The summed E-state index contributed by atoms with van der Waals surface area (Å²) in [5, 5.41) is 4.22. The van der Waals surface area contributed by atoms with Crippen molar-refractivity contribution in [3.8, 4) is 5.69 Å². The average Bonchev–Trinajstić information content (AvgIpc) is 3.27. The van der Waals surface area contributed by atoms with Crippen molar-refractivity contribution in [2.45, 2.75) is 19.0 Å². The summed E-state index contributed by atoms with van der Waals surface area (Å²) in [7, 11) is 0. The molecular weight excluding hydrogens is 330 g/mol. The van der Waals surface area contributed by atoms with Gasteiger partial charge in [-0.3, -0.25) is 9.97 Å². The minimum absolute atomic E-state index is 0.0129. The molecule has 1 aliphatic heterocycles. The number of nitrogens with zero attached hydrogens (tertiary/aromatic N) is 4. The van der Waals surface area contributed by atoms with Crippen LogP contribution in [0.4, 0.5) is 0 Å². The first-order valence-corrected chi connectivity index (χ1v) is 8.76. The van der Waals surface area contributed by atoms with E-state index in [0.29, 0.717) is 0 Å². The molecule has 5 nitrogen and oxygen atoms in total. The molecule has 25 heavy (non-hydrogen) atoms. The molecule has 0 aliphatic carbocycles. The molecule has 0 spiro atoms. The van der Waals surface area contributed by atoms with Crippen LogP contribution in [-0.2, 0) is 0 Å². The topological polar surface area (TPSA) is 46.0 Å². The van der Waals surface area contributed by atoms with E-state index in [9.17, 15) is 0 Å². The monoisotopic (exact) mass is 349 g/mol. The maximum atomic E-state index is 5.59. The molecular formula is C19H19N5S. The number of hydrogen-bond acceptors (Lipinski definition) is 3. The molecule has 0 bridgehead atoms. The number of rotatable bonds is 4. The van der Waals surface area contributed by atoms with Crippen LogP contribution in [0.3, 0.4) is 0 Å². The van der Waals surface area contributed by atoms with Crippen LogP contribution >= 0.6 is 12.2 Å². The van der Waals surface area contributed by atoms with Gasteiger partial charge in [-0.05, 0) is 55.5 Å². The van der Waals surface area contributed by atoms with E-state index in [4.69, 9.17) is 12.2 Å². The van der Waals surface area contributed by atoms with Gasteiger partial charge >= 0.3 is 0 Å². The van der Waals surface area contributed by atoms with Crippen LogP contribution in [-0.4, -0.2) is 31.1 Å². The maximum Gasteiger partial charge on any atom is 0.170 e. The van der Waals surface area contributed by atoms with Crippen molar-refractivity contribution < 1.29 is 0 Å². The number of aromatic nitrogens is 3. The molecule has 0 amide bonds. The van der Waals surface area contributed by atoms with E-state index in [-0.39, 0.29) is 12.1 Å². The smallest absolute Gasteiger partial charge is 0.170 e. The number of thiocarbonyl (C=S) groups is 1. The zero-order valence-electron chi connectivity index (χ0n) is 13.9. The van der Waals surface area contributed by atoms with E-state index in [1.165, 1.54) is 0 Å². The second kappa shape index (κ2) is 6.64. The van der Waals surface area contributed by atoms with Crippen LogP contribution in [0.25, 0.3) is 5.69 Å². The lowest BCUT2D eigenvalue weighted by Crippen LogP contribution is -2.30. The highest BCUT2D eigenvalue weighted by atomic mass is 32.1. The fourth-order valence-electron chi connectivity index (χ4n) is 3.43. The quantitative estimate of drug-likeness (QED) is 0.733. The zero-order chi connectivity index (χ0) is 17.2. The standard InChI is InChI=1S/C19H19N5S/c1-2-23-18(17(22-19(23)25)15-8-3-4-11-21-15)16-9-6-12-24(16)14-7-5-10-20-13-14/h3-13,17-18H,2H2,1H3,(H,22,25)/t17-,18-/m0/s1. The van der Waals surface area contributed by atoms with Crippen LogP contribution in [0.5, 0.6) is 0 Å². The van der Waals surface area contributed by atoms with Crippen molar-refractivity contribution >= 4 is 17.3 Å². The first kappa shape index (κ1) is 15.8. The van der Waals surface area contributed by atoms with Crippen molar-refractivity contribution in [3.63, 3.8) is 0 Å². The van der Waals surface area contributed by atoms with Crippen LogP contribution in [0.1, 0.15) is 30.4 Å². The third kappa shape index (κ3) is 2.78. The van der Waals surface area contributed by atoms with Gasteiger partial charge in [0.1, 0.15) is 0 Å². The van der Waals surface area contributed by atoms with Gasteiger partial charge in [-0.2, -0.15) is 0 Å². The average molecular weight is 349 g/mol. The normalized spacial score (nSPS) is 19.9. The van der Waals surface area contributed by atoms with Crippen molar-refractivity contribution in [2.75, 3.05) is 6.54 Å². The summed E-state index contributed by atoms with van der Waals surface area (Å²) < 4.78 is 2.17. The van der Waals surface area contributed by atoms with E-state index >= 15 is 0 Å². The number of likely N-dealkylation sites (N-methyl/N-ethyl adjacent to an activating group) is 1. The van der Waals surface area contributed by atoms with Crippen LogP contribution in [0, 0.1) is 0 Å². The summed E-state index contributed by atoms with van der Waals surface area (Å²) in [5.74, 6) is 0. The summed E-state index contributed by atoms with van der Waals surface area (Å²) >= 11 is 5.59. The lowest BCUT2D eigenvalue weighted by molar-refractivity contribution is 0.321. The molecule has 1 aliphatic rings. The highest BCUT2D eigenvalue weighted by molar-refractivity contribution is 7.80. The molecule has 2 atom stereocenters. The van der Waals surface area contributed by atoms with Crippen molar-refractivity contribution in [2.24, 2.45) is 0 Å². The molecule has 3 aromatic rings. The minimum atomic E-state index is 0.0129. The van der Waals surface area contributed by atoms with Gasteiger partial charge in [0.25, 0.3) is 0 Å². The Morgan fingerprint density at radius 3 is 2.76 bits per heavy atom. The van der Waals surface area contributed by atoms with Gasteiger partial charge in [-0.1, -0.05) is 6.07 Å². The molecule has 1 fully saturated rings. The zero-order valence-corrected chi connectivity index (χ0v) is 14.7. The Morgan fingerprint density at radius 1 is 1.12 bits per heavy atom. The molecule has 6 heteroatoms. The summed E-state index contributed by atoms with van der Waals surface area (Å²) in [6.45, 7) is 2.96. The van der Waals surface area contributed by atoms with Gasteiger partial charge in [-0.25, -0.2) is 0 Å². The number of hydrogen-bond donors (Lipinski definition) is 1. The van der Waals surface area contributed by atoms with Gasteiger partial charge in [-0.15, -0.1) is 0 Å². The Morgan fingerprint density at radius 2 is 2.04 bits per heavy atom. The SMILES string of the molecule is CCN1C(=S)N[C@@H](c2ccccn2)[C@@H]1c1cccn1-c1cccnc1. The van der Waals surface area contributed by atoms with Crippen LogP contribution in [0.15, 0.2) is 67.3 Å². The van der Waals surface area contributed by atoms with Crippen molar-refractivity contribution in [3.05, 3.63) is 78.6 Å². The van der Waals surface area contributed by atoms with Gasteiger partial charge in [0, 0.05) is 30.8 Å².